The smallest absolute Gasteiger partial charge is 0.262 e. The molecule has 0 amide bonds. The number of aromatic amines is 1. The molecule has 0 bridgehead atoms. The minimum atomic E-state index is -0.584. The number of carbonyl (C=O) groups excluding carboxylic acids is 1. The van der Waals surface area contributed by atoms with Crippen LogP contribution in [0.25, 0.3) is 11.1 Å². The molecule has 5 nitrogen and oxygen atoms in total. The Hall–Kier alpha value is -3.08. The molecule has 2 aliphatic rings. The number of phenols is 1. The highest BCUT2D eigenvalue weighted by Gasteiger charge is 2.43. The third-order valence-electron chi connectivity index (χ3n) is 7.31. The predicted octanol–water partition coefficient (Wildman–Crippen LogP) is 5.46. The van der Waals surface area contributed by atoms with Crippen molar-refractivity contribution in [2.75, 3.05) is 0 Å². The first kappa shape index (κ1) is 22.1. The maximum Gasteiger partial charge on any atom is 0.262 e. The second kappa shape index (κ2) is 8.81. The topological polar surface area (TPSA) is 90.4 Å². The van der Waals surface area contributed by atoms with Crippen LogP contribution in [0.5, 0.6) is 11.5 Å². The van der Waals surface area contributed by atoms with E-state index >= 15 is 0 Å². The Kier molecular flexibility index (Phi) is 6.09. The molecule has 0 unspecified atom stereocenters. The number of fused-ring (bicyclic) bond motifs is 1. The summed E-state index contributed by atoms with van der Waals surface area (Å²) in [5.41, 5.74) is 1.40. The van der Waals surface area contributed by atoms with Crippen molar-refractivity contribution in [2.24, 2.45) is 29.6 Å². The first-order valence-electron chi connectivity index (χ1n) is 11.4. The van der Waals surface area contributed by atoms with E-state index in [1.165, 1.54) is 30.3 Å². The Balaban J connectivity index is 1.79. The van der Waals surface area contributed by atoms with Gasteiger partial charge in [0.05, 0.1) is 0 Å². The number of hydrogen-bond acceptors (Lipinski definition) is 4. The van der Waals surface area contributed by atoms with Gasteiger partial charge in [-0.15, -0.1) is 0 Å². The van der Waals surface area contributed by atoms with Gasteiger partial charge in [-0.05, 0) is 68.1 Å². The van der Waals surface area contributed by atoms with Crippen LogP contribution in [-0.4, -0.2) is 21.0 Å². The fraction of sp³-hybridized carbons (Fsp3) is 0.407. The van der Waals surface area contributed by atoms with E-state index in [9.17, 15) is 19.8 Å². The summed E-state index contributed by atoms with van der Waals surface area (Å²) < 4.78 is 0. The molecule has 5 heteroatoms. The molecule has 3 N–H and O–H groups in total. The largest absolute Gasteiger partial charge is 0.508 e. The molecule has 0 spiro atoms. The molecule has 5 atom stereocenters. The minimum absolute atomic E-state index is 0.0000727. The summed E-state index contributed by atoms with van der Waals surface area (Å²) in [7, 11) is 0. The molecular formula is C27H31NO4. The molecule has 0 saturated heterocycles. The van der Waals surface area contributed by atoms with Crippen molar-refractivity contribution in [1.82, 2.24) is 4.98 Å². The van der Waals surface area contributed by atoms with Gasteiger partial charge in [-0.3, -0.25) is 9.59 Å². The lowest BCUT2D eigenvalue weighted by molar-refractivity contribution is 0.0803. The van der Waals surface area contributed by atoms with Crippen LogP contribution in [0.4, 0.5) is 0 Å². The van der Waals surface area contributed by atoms with Gasteiger partial charge >= 0.3 is 0 Å². The van der Waals surface area contributed by atoms with Crippen LogP contribution in [0.3, 0.4) is 0 Å². The summed E-state index contributed by atoms with van der Waals surface area (Å²) in [6, 6.07) is 6.28. The zero-order valence-electron chi connectivity index (χ0n) is 18.8. The second-order valence-electron chi connectivity index (χ2n) is 9.39. The van der Waals surface area contributed by atoms with Crippen molar-refractivity contribution in [2.45, 2.75) is 40.0 Å². The average molecular weight is 434 g/mol. The number of Topliss-reactive ketones (excluding diaryl/α,β-unsaturated/α-hetero) is 1. The molecule has 0 aliphatic heterocycles. The molecule has 4 rings (SSSR count). The zero-order chi connectivity index (χ0) is 23.0. The zero-order valence-corrected chi connectivity index (χ0v) is 18.8. The third-order valence-corrected chi connectivity index (χ3v) is 7.31. The number of hydrogen-bond donors (Lipinski definition) is 3. The lowest BCUT2D eigenvalue weighted by Gasteiger charge is -2.45. The number of rotatable bonds is 4. The van der Waals surface area contributed by atoms with Crippen molar-refractivity contribution in [1.29, 1.82) is 0 Å². The van der Waals surface area contributed by atoms with E-state index in [4.69, 9.17) is 0 Å². The summed E-state index contributed by atoms with van der Waals surface area (Å²) in [5, 5.41) is 20.6. The molecule has 1 aromatic carbocycles. The number of nitrogens with one attached hydrogen (secondary N) is 1. The first-order chi connectivity index (χ1) is 15.3. The Labute approximate surface area is 188 Å². The van der Waals surface area contributed by atoms with Gasteiger partial charge in [0.2, 0.25) is 0 Å². The summed E-state index contributed by atoms with van der Waals surface area (Å²) in [6.07, 6.45) is 10.9. The highest BCUT2D eigenvalue weighted by Crippen LogP contribution is 2.49. The van der Waals surface area contributed by atoms with E-state index in [-0.39, 0.29) is 28.8 Å². The van der Waals surface area contributed by atoms with Gasteiger partial charge in [-0.25, -0.2) is 0 Å². The molecule has 1 saturated carbocycles. The van der Waals surface area contributed by atoms with E-state index in [0.29, 0.717) is 28.9 Å². The van der Waals surface area contributed by atoms with Crippen LogP contribution in [0.1, 0.15) is 50.4 Å². The summed E-state index contributed by atoms with van der Waals surface area (Å²) in [5.74, 6) is 0.391. The van der Waals surface area contributed by atoms with Crippen LogP contribution in [0.2, 0.25) is 0 Å². The maximum atomic E-state index is 13.8. The molecule has 168 valence electrons. The number of ketones is 1. The van der Waals surface area contributed by atoms with Crippen LogP contribution >= 0.6 is 0 Å². The van der Waals surface area contributed by atoms with Gasteiger partial charge in [-0.1, -0.05) is 49.3 Å². The number of allylic oxidation sites excluding steroid dienone is 4. The molecule has 1 fully saturated rings. The predicted molar refractivity (Wildman–Crippen MR) is 126 cm³/mol. The van der Waals surface area contributed by atoms with Gasteiger partial charge in [0, 0.05) is 17.7 Å². The summed E-state index contributed by atoms with van der Waals surface area (Å²) in [6.45, 7) is 6.32. The molecule has 0 radical (unpaired) electrons. The van der Waals surface area contributed by atoms with Crippen LogP contribution in [-0.2, 0) is 0 Å². The number of phenolic OH excluding ortho intramolecular Hbond substituents is 1. The number of pyridine rings is 1. The highest BCUT2D eigenvalue weighted by atomic mass is 16.3. The Bertz CT molecular complexity index is 1130. The van der Waals surface area contributed by atoms with Gasteiger partial charge in [0.1, 0.15) is 17.1 Å². The Morgan fingerprint density at radius 3 is 2.56 bits per heavy atom. The molecule has 1 aromatic heterocycles. The monoisotopic (exact) mass is 433 g/mol. The number of aromatic nitrogens is 1. The van der Waals surface area contributed by atoms with Crippen molar-refractivity contribution in [3.05, 3.63) is 70.2 Å². The highest BCUT2D eigenvalue weighted by molar-refractivity contribution is 6.03. The van der Waals surface area contributed by atoms with E-state index in [2.05, 4.69) is 24.9 Å². The van der Waals surface area contributed by atoms with Gasteiger partial charge in [0.25, 0.3) is 5.56 Å². The molecular weight excluding hydrogens is 402 g/mol. The SMILES string of the molecule is C/C=C/[C@@H]1[C@@H]2C[C@@H](C)CC[C@@H]2C(C)=C[C@H]1C(=O)c1c(O)c(-c2ccc(O)cc2)c[nH]c1=O. The molecule has 2 aromatic rings. The molecule has 32 heavy (non-hydrogen) atoms. The van der Waals surface area contributed by atoms with E-state index in [1.54, 1.807) is 12.1 Å². The van der Waals surface area contributed by atoms with Crippen molar-refractivity contribution in [3.8, 4) is 22.6 Å². The van der Waals surface area contributed by atoms with Crippen molar-refractivity contribution in [3.63, 3.8) is 0 Å². The quantitative estimate of drug-likeness (QED) is 0.441. The summed E-state index contributed by atoms with van der Waals surface area (Å²) in [4.78, 5) is 29.1. The first-order valence-corrected chi connectivity index (χ1v) is 11.4. The van der Waals surface area contributed by atoms with Crippen LogP contribution in [0, 0.1) is 29.6 Å². The van der Waals surface area contributed by atoms with Crippen LogP contribution in [0.15, 0.2) is 59.1 Å². The van der Waals surface area contributed by atoms with Crippen molar-refractivity contribution >= 4 is 5.78 Å². The summed E-state index contributed by atoms with van der Waals surface area (Å²) >= 11 is 0. The fourth-order valence-corrected chi connectivity index (χ4v) is 5.71. The lowest BCUT2D eigenvalue weighted by Crippen LogP contribution is -2.40. The number of H-pyrrole nitrogens is 1. The number of benzene rings is 1. The van der Waals surface area contributed by atoms with E-state index in [1.807, 2.05) is 19.1 Å². The number of carbonyl (C=O) groups is 1. The maximum absolute atomic E-state index is 13.8. The van der Waals surface area contributed by atoms with E-state index < -0.39 is 11.5 Å². The molecule has 1 heterocycles. The minimum Gasteiger partial charge on any atom is -0.508 e. The van der Waals surface area contributed by atoms with Gasteiger partial charge < -0.3 is 15.2 Å². The van der Waals surface area contributed by atoms with Crippen LogP contribution < -0.4 is 5.56 Å². The lowest BCUT2D eigenvalue weighted by atomic mass is 9.59. The van der Waals surface area contributed by atoms with Gasteiger partial charge in [0.15, 0.2) is 5.78 Å². The van der Waals surface area contributed by atoms with E-state index in [0.717, 1.165) is 12.8 Å². The molecule has 2 aliphatic carbocycles. The average Bonchev–Trinajstić information content (AvgIpc) is 2.76. The van der Waals surface area contributed by atoms with Gasteiger partial charge in [-0.2, -0.15) is 0 Å². The fourth-order valence-electron chi connectivity index (χ4n) is 5.71. The third kappa shape index (κ3) is 3.92. The van der Waals surface area contributed by atoms with Crippen molar-refractivity contribution < 1.29 is 15.0 Å². The normalized spacial score (nSPS) is 27.7. The Morgan fingerprint density at radius 1 is 1.16 bits per heavy atom. The standard InChI is InChI=1S/C27H31NO4/c1-4-5-20-21-12-15(2)6-11-19(21)16(3)13-22(20)25(30)24-26(31)23(14-28-27(24)32)17-7-9-18(29)10-8-17/h4-5,7-10,13-15,19-22,29H,6,11-12H2,1-3H3,(H2,28,31,32)/b5-4+/t15-,19+,20+,21+,22+/m0/s1. The second-order valence-corrected chi connectivity index (χ2v) is 9.39. The Morgan fingerprint density at radius 2 is 1.88 bits per heavy atom. The number of aromatic hydroxyl groups is 2.